The van der Waals surface area contributed by atoms with Gasteiger partial charge in [-0.3, -0.25) is 0 Å². The van der Waals surface area contributed by atoms with Crippen LogP contribution < -0.4 is 28.5 Å². The number of benzene rings is 1. The lowest BCUT2D eigenvalue weighted by atomic mass is 10.1. The Morgan fingerprint density at radius 1 is 0.938 bits per heavy atom. The fourth-order valence-electron chi connectivity index (χ4n) is 1.45. The average molecular weight is 323 g/mol. The first-order valence-electron chi connectivity index (χ1n) is 5.06. The van der Waals surface area contributed by atoms with E-state index in [4.69, 9.17) is 0 Å². The third-order valence-corrected chi connectivity index (χ3v) is 2.35. The molecule has 16 heavy (non-hydrogen) atoms. The zero-order chi connectivity index (χ0) is 10.5. The highest BCUT2D eigenvalue weighted by molar-refractivity contribution is 5.59. The Balaban J connectivity index is 0.00000128. The second-order valence-corrected chi connectivity index (χ2v) is 3.50. The van der Waals surface area contributed by atoms with Crippen molar-refractivity contribution in [1.29, 1.82) is 0 Å². The molecule has 0 aliphatic rings. The van der Waals surface area contributed by atoms with E-state index in [1.165, 1.54) is 11.1 Å². The molecule has 0 unspecified atom stereocenters. The molecule has 2 rings (SSSR count). The quantitative estimate of drug-likeness (QED) is 0.538. The van der Waals surface area contributed by atoms with Crippen LogP contribution in [-0.4, -0.2) is 0 Å². The molecule has 0 saturated carbocycles. The predicted molar refractivity (Wildman–Crippen MR) is 63.0 cm³/mol. The molecule has 0 aliphatic carbocycles. The van der Waals surface area contributed by atoms with Gasteiger partial charge in [-0.1, -0.05) is 30.3 Å². The van der Waals surface area contributed by atoms with Crippen molar-refractivity contribution >= 4 is 12.3 Å². The lowest BCUT2D eigenvalue weighted by molar-refractivity contribution is -0.567. The maximum Gasteiger partial charge on any atom is 0.175 e. The van der Waals surface area contributed by atoms with Crippen molar-refractivity contribution < 1.29 is 28.5 Å². The standard InChI is InChI=1S/C14H14N.HI/c1-13-7-3-4-8-14(13)9-12-15-10-5-2-6-11-15;/h2-12H,1H3;1H/q+1;/p-1. The number of aromatic nitrogens is 1. The number of nitrogens with zero attached hydrogens (tertiary/aromatic N) is 1. The van der Waals surface area contributed by atoms with Crippen molar-refractivity contribution in [3.63, 3.8) is 0 Å². The summed E-state index contributed by atoms with van der Waals surface area (Å²) in [7, 11) is 0. The third-order valence-electron chi connectivity index (χ3n) is 2.35. The average Bonchev–Trinajstić information content (AvgIpc) is 2.29. The molecule has 0 fully saturated rings. The first-order valence-corrected chi connectivity index (χ1v) is 5.06. The van der Waals surface area contributed by atoms with Crippen LogP contribution in [0, 0.1) is 6.92 Å². The Bertz CT molecular complexity index is 463. The minimum absolute atomic E-state index is 0. The first-order chi connectivity index (χ1) is 7.36. The molecule has 0 saturated heterocycles. The molecular formula is C14H14IN. The van der Waals surface area contributed by atoms with Crippen LogP contribution in [0.3, 0.4) is 0 Å². The smallest absolute Gasteiger partial charge is 0.175 e. The summed E-state index contributed by atoms with van der Waals surface area (Å²) in [5.74, 6) is 0. The number of aryl methyl sites for hydroxylation is 1. The van der Waals surface area contributed by atoms with Gasteiger partial charge in [0.1, 0.15) is 0 Å². The molecule has 2 heteroatoms. The summed E-state index contributed by atoms with van der Waals surface area (Å²) in [4.78, 5) is 0. The molecule has 0 bridgehead atoms. The summed E-state index contributed by atoms with van der Waals surface area (Å²) >= 11 is 0. The Labute approximate surface area is 113 Å². The van der Waals surface area contributed by atoms with Crippen molar-refractivity contribution in [2.45, 2.75) is 6.92 Å². The van der Waals surface area contributed by atoms with Gasteiger partial charge in [-0.05, 0) is 18.1 Å². The second kappa shape index (κ2) is 6.43. The van der Waals surface area contributed by atoms with Crippen LogP contribution >= 0.6 is 0 Å². The van der Waals surface area contributed by atoms with Crippen molar-refractivity contribution in [1.82, 2.24) is 0 Å². The van der Waals surface area contributed by atoms with E-state index in [1.54, 1.807) is 0 Å². The number of hydrogen-bond donors (Lipinski definition) is 0. The van der Waals surface area contributed by atoms with Crippen LogP contribution in [0.4, 0.5) is 0 Å². The van der Waals surface area contributed by atoms with Crippen LogP contribution in [0.1, 0.15) is 11.1 Å². The van der Waals surface area contributed by atoms with Crippen molar-refractivity contribution in [2.75, 3.05) is 0 Å². The predicted octanol–water partition coefficient (Wildman–Crippen LogP) is -0.0856. The highest BCUT2D eigenvalue weighted by Gasteiger charge is 1.94. The zero-order valence-electron chi connectivity index (χ0n) is 9.18. The molecule has 0 atom stereocenters. The second-order valence-electron chi connectivity index (χ2n) is 3.50. The first kappa shape index (κ1) is 12.9. The molecule has 0 spiro atoms. The van der Waals surface area contributed by atoms with Gasteiger partial charge in [0.05, 0.1) is 0 Å². The maximum atomic E-state index is 2.12. The summed E-state index contributed by atoms with van der Waals surface area (Å²) < 4.78 is 2.03. The third kappa shape index (κ3) is 3.45. The van der Waals surface area contributed by atoms with Gasteiger partial charge in [-0.25, -0.2) is 0 Å². The summed E-state index contributed by atoms with van der Waals surface area (Å²) in [6.45, 7) is 2.12. The number of halogens is 1. The lowest BCUT2D eigenvalue weighted by Crippen LogP contribution is -3.00. The van der Waals surface area contributed by atoms with Gasteiger partial charge < -0.3 is 24.0 Å². The Kier molecular flexibility index (Phi) is 5.19. The van der Waals surface area contributed by atoms with Gasteiger partial charge in [0, 0.05) is 18.2 Å². The van der Waals surface area contributed by atoms with Gasteiger partial charge in [-0.15, -0.1) is 0 Å². The van der Waals surface area contributed by atoms with Crippen molar-refractivity contribution in [2.24, 2.45) is 0 Å². The van der Waals surface area contributed by atoms with E-state index >= 15 is 0 Å². The van der Waals surface area contributed by atoms with E-state index in [0.29, 0.717) is 0 Å². The Morgan fingerprint density at radius 3 is 2.31 bits per heavy atom. The molecule has 1 aromatic carbocycles. The largest absolute Gasteiger partial charge is 1.00 e. The number of pyridine rings is 1. The van der Waals surface area contributed by atoms with E-state index in [-0.39, 0.29) is 24.0 Å². The summed E-state index contributed by atoms with van der Waals surface area (Å²) in [6.07, 6.45) is 8.22. The van der Waals surface area contributed by atoms with Crippen LogP contribution in [-0.2, 0) is 0 Å². The van der Waals surface area contributed by atoms with E-state index in [1.807, 2.05) is 35.2 Å². The summed E-state index contributed by atoms with van der Waals surface area (Å²) in [6, 6.07) is 14.4. The molecule has 1 nitrogen and oxygen atoms in total. The molecule has 0 N–H and O–H groups in total. The minimum Gasteiger partial charge on any atom is -1.00 e. The Hall–Kier alpha value is -1.16. The van der Waals surface area contributed by atoms with E-state index < -0.39 is 0 Å². The molecule has 1 heterocycles. The van der Waals surface area contributed by atoms with E-state index in [2.05, 4.69) is 43.5 Å². The summed E-state index contributed by atoms with van der Waals surface area (Å²) in [5.41, 5.74) is 2.55. The topological polar surface area (TPSA) is 3.88 Å². The normalized spacial score (nSPS) is 10.1. The number of hydrogen-bond acceptors (Lipinski definition) is 0. The van der Waals surface area contributed by atoms with Crippen molar-refractivity contribution in [3.05, 3.63) is 66.0 Å². The van der Waals surface area contributed by atoms with Crippen LogP contribution in [0.2, 0.25) is 0 Å². The molecule has 0 amide bonds. The summed E-state index contributed by atoms with van der Waals surface area (Å²) in [5, 5.41) is 0. The highest BCUT2D eigenvalue weighted by atomic mass is 127. The van der Waals surface area contributed by atoms with Gasteiger partial charge in [0.2, 0.25) is 0 Å². The molecule has 82 valence electrons. The monoisotopic (exact) mass is 323 g/mol. The lowest BCUT2D eigenvalue weighted by Gasteiger charge is -1.96. The van der Waals surface area contributed by atoms with E-state index in [9.17, 15) is 0 Å². The fourth-order valence-corrected chi connectivity index (χ4v) is 1.45. The van der Waals surface area contributed by atoms with Gasteiger partial charge in [-0.2, -0.15) is 4.57 Å². The van der Waals surface area contributed by atoms with Crippen molar-refractivity contribution in [3.8, 4) is 0 Å². The van der Waals surface area contributed by atoms with Gasteiger partial charge in [0.15, 0.2) is 18.6 Å². The maximum absolute atomic E-state index is 2.12. The molecule has 2 aromatic rings. The highest BCUT2D eigenvalue weighted by Crippen LogP contribution is 2.08. The van der Waals surface area contributed by atoms with Crippen LogP contribution in [0.5, 0.6) is 0 Å². The van der Waals surface area contributed by atoms with E-state index in [0.717, 1.165) is 0 Å². The van der Waals surface area contributed by atoms with Crippen LogP contribution in [0.15, 0.2) is 54.9 Å². The minimum atomic E-state index is 0. The van der Waals surface area contributed by atoms with Gasteiger partial charge in [0.25, 0.3) is 0 Å². The van der Waals surface area contributed by atoms with Crippen LogP contribution in [0.25, 0.3) is 12.3 Å². The molecular weight excluding hydrogens is 309 g/mol. The molecule has 0 radical (unpaired) electrons. The van der Waals surface area contributed by atoms with Gasteiger partial charge >= 0.3 is 0 Å². The fraction of sp³-hybridized carbons (Fsp3) is 0.0714. The molecule has 0 aliphatic heterocycles. The zero-order valence-corrected chi connectivity index (χ0v) is 11.3. The number of rotatable bonds is 2. The SMILES string of the molecule is Cc1ccccc1C=C[n+]1ccccc1.[I-]. The molecule has 1 aromatic heterocycles. The Morgan fingerprint density at radius 2 is 1.62 bits per heavy atom.